The predicted octanol–water partition coefficient (Wildman–Crippen LogP) is 2.96. The second kappa shape index (κ2) is 6.40. The standard InChI is InChI=1S/C15H15N5OS/c1-11-2-4-12(5-3-11)17-15(21)16-8-13-9-20(19-18-13)14-6-7-22-10-14/h2-7,9-10H,8H2,1H3,(H2,16,17,21). The summed E-state index contributed by atoms with van der Waals surface area (Å²) in [7, 11) is 0. The van der Waals surface area contributed by atoms with E-state index in [9.17, 15) is 4.79 Å². The minimum Gasteiger partial charge on any atom is -0.332 e. The first-order chi connectivity index (χ1) is 10.7. The fourth-order valence-electron chi connectivity index (χ4n) is 1.88. The molecule has 0 aliphatic rings. The van der Waals surface area contributed by atoms with Crippen LogP contribution in [0.15, 0.2) is 47.3 Å². The average molecular weight is 313 g/mol. The molecule has 22 heavy (non-hydrogen) atoms. The van der Waals surface area contributed by atoms with Gasteiger partial charge in [0.2, 0.25) is 0 Å². The molecule has 7 heteroatoms. The zero-order valence-corrected chi connectivity index (χ0v) is 12.8. The Kier molecular flexibility index (Phi) is 4.15. The van der Waals surface area contributed by atoms with Gasteiger partial charge in [-0.25, -0.2) is 9.48 Å². The van der Waals surface area contributed by atoms with Crippen LogP contribution in [-0.2, 0) is 6.54 Å². The lowest BCUT2D eigenvalue weighted by atomic mass is 10.2. The maximum absolute atomic E-state index is 11.8. The number of rotatable bonds is 4. The smallest absolute Gasteiger partial charge is 0.319 e. The molecule has 0 aliphatic heterocycles. The Morgan fingerprint density at radius 3 is 2.82 bits per heavy atom. The Bertz CT molecular complexity index is 749. The Balaban J connectivity index is 1.54. The van der Waals surface area contributed by atoms with Crippen molar-refractivity contribution in [2.24, 2.45) is 0 Å². The van der Waals surface area contributed by atoms with Crippen molar-refractivity contribution in [3.8, 4) is 5.69 Å². The minimum atomic E-state index is -0.270. The van der Waals surface area contributed by atoms with E-state index >= 15 is 0 Å². The van der Waals surface area contributed by atoms with E-state index in [1.54, 1.807) is 22.2 Å². The van der Waals surface area contributed by atoms with E-state index in [0.29, 0.717) is 12.2 Å². The fraction of sp³-hybridized carbons (Fsp3) is 0.133. The third-order valence-electron chi connectivity index (χ3n) is 3.05. The molecule has 112 valence electrons. The van der Waals surface area contributed by atoms with E-state index in [2.05, 4.69) is 20.9 Å². The molecule has 2 heterocycles. The Hall–Kier alpha value is -2.67. The molecule has 2 amide bonds. The van der Waals surface area contributed by atoms with Gasteiger partial charge in [0.1, 0.15) is 5.69 Å². The second-order valence-corrected chi connectivity index (χ2v) is 5.59. The molecule has 1 aromatic carbocycles. The molecule has 0 atom stereocenters. The van der Waals surface area contributed by atoms with E-state index < -0.39 is 0 Å². The highest BCUT2D eigenvalue weighted by molar-refractivity contribution is 7.08. The number of thiophene rings is 1. The average Bonchev–Trinajstić information content (AvgIpc) is 3.18. The maximum atomic E-state index is 11.8. The molecule has 0 bridgehead atoms. The Labute approximate surface area is 131 Å². The summed E-state index contributed by atoms with van der Waals surface area (Å²) in [6, 6.07) is 9.31. The van der Waals surface area contributed by atoms with Crippen molar-refractivity contribution in [1.29, 1.82) is 0 Å². The van der Waals surface area contributed by atoms with Crippen LogP contribution >= 0.6 is 11.3 Å². The SMILES string of the molecule is Cc1ccc(NC(=O)NCc2cn(-c3ccsc3)nn2)cc1. The van der Waals surface area contributed by atoms with Crippen molar-refractivity contribution in [2.75, 3.05) is 5.32 Å². The Morgan fingerprint density at radius 2 is 2.09 bits per heavy atom. The number of urea groups is 1. The number of aromatic nitrogens is 3. The molecule has 3 rings (SSSR count). The molecule has 0 aliphatic carbocycles. The van der Waals surface area contributed by atoms with Crippen molar-refractivity contribution in [3.63, 3.8) is 0 Å². The van der Waals surface area contributed by atoms with Gasteiger partial charge in [0, 0.05) is 11.1 Å². The summed E-state index contributed by atoms with van der Waals surface area (Å²) in [6.07, 6.45) is 1.80. The van der Waals surface area contributed by atoms with Crippen LogP contribution in [0.2, 0.25) is 0 Å². The van der Waals surface area contributed by atoms with Crippen molar-refractivity contribution in [1.82, 2.24) is 20.3 Å². The highest BCUT2D eigenvalue weighted by Gasteiger charge is 2.06. The first kappa shape index (κ1) is 14.3. The second-order valence-electron chi connectivity index (χ2n) is 4.81. The van der Waals surface area contributed by atoms with Crippen LogP contribution in [0.3, 0.4) is 0 Å². The lowest BCUT2D eigenvalue weighted by Crippen LogP contribution is -2.28. The lowest BCUT2D eigenvalue weighted by Gasteiger charge is -2.06. The largest absolute Gasteiger partial charge is 0.332 e. The van der Waals surface area contributed by atoms with Crippen LogP contribution in [-0.4, -0.2) is 21.0 Å². The van der Waals surface area contributed by atoms with Gasteiger partial charge in [-0.05, 0) is 30.5 Å². The summed E-state index contributed by atoms with van der Waals surface area (Å²) in [4.78, 5) is 11.8. The van der Waals surface area contributed by atoms with Crippen molar-refractivity contribution in [3.05, 3.63) is 58.5 Å². The third-order valence-corrected chi connectivity index (χ3v) is 3.72. The van der Waals surface area contributed by atoms with E-state index in [-0.39, 0.29) is 6.03 Å². The number of amides is 2. The number of benzene rings is 1. The van der Waals surface area contributed by atoms with Crippen LogP contribution in [0, 0.1) is 6.92 Å². The summed E-state index contributed by atoms with van der Waals surface area (Å²) in [5.74, 6) is 0. The number of aryl methyl sites for hydroxylation is 1. The Morgan fingerprint density at radius 1 is 1.27 bits per heavy atom. The number of nitrogens with one attached hydrogen (secondary N) is 2. The van der Waals surface area contributed by atoms with Gasteiger partial charge in [0.15, 0.2) is 0 Å². The molecule has 2 aromatic heterocycles. The van der Waals surface area contributed by atoms with Crippen LogP contribution in [0.4, 0.5) is 10.5 Å². The molecule has 3 aromatic rings. The molecule has 2 N–H and O–H groups in total. The molecule has 0 radical (unpaired) electrons. The number of anilines is 1. The summed E-state index contributed by atoms with van der Waals surface area (Å²) >= 11 is 1.60. The molecule has 0 fully saturated rings. The maximum Gasteiger partial charge on any atom is 0.319 e. The zero-order chi connectivity index (χ0) is 15.4. The van der Waals surface area contributed by atoms with Crippen LogP contribution in [0.1, 0.15) is 11.3 Å². The molecule has 0 spiro atoms. The lowest BCUT2D eigenvalue weighted by molar-refractivity contribution is 0.251. The van der Waals surface area contributed by atoms with E-state index in [4.69, 9.17) is 0 Å². The highest BCUT2D eigenvalue weighted by atomic mass is 32.1. The zero-order valence-electron chi connectivity index (χ0n) is 12.0. The number of carbonyl (C=O) groups excluding carboxylic acids is 1. The molecular weight excluding hydrogens is 298 g/mol. The van der Waals surface area contributed by atoms with Crippen molar-refractivity contribution < 1.29 is 4.79 Å². The van der Waals surface area contributed by atoms with E-state index in [1.807, 2.05) is 48.0 Å². The summed E-state index contributed by atoms with van der Waals surface area (Å²) in [5, 5.41) is 17.6. The van der Waals surface area contributed by atoms with Gasteiger partial charge in [-0.2, -0.15) is 11.3 Å². The number of carbonyl (C=O) groups is 1. The molecule has 0 unspecified atom stereocenters. The number of hydrogen-bond acceptors (Lipinski definition) is 4. The number of nitrogens with zero attached hydrogens (tertiary/aromatic N) is 3. The first-order valence-corrected chi connectivity index (χ1v) is 7.70. The van der Waals surface area contributed by atoms with Crippen LogP contribution in [0.5, 0.6) is 0 Å². The molecule has 6 nitrogen and oxygen atoms in total. The topological polar surface area (TPSA) is 71.8 Å². The van der Waals surface area contributed by atoms with Gasteiger partial charge >= 0.3 is 6.03 Å². The van der Waals surface area contributed by atoms with Gasteiger partial charge in [-0.15, -0.1) is 5.10 Å². The van der Waals surface area contributed by atoms with Gasteiger partial charge in [-0.1, -0.05) is 22.9 Å². The van der Waals surface area contributed by atoms with Gasteiger partial charge in [0.25, 0.3) is 0 Å². The minimum absolute atomic E-state index is 0.270. The van der Waals surface area contributed by atoms with Gasteiger partial charge in [0.05, 0.1) is 18.4 Å². The van der Waals surface area contributed by atoms with Gasteiger partial charge < -0.3 is 10.6 Å². The fourth-order valence-corrected chi connectivity index (χ4v) is 2.50. The normalized spacial score (nSPS) is 10.4. The van der Waals surface area contributed by atoms with E-state index in [1.165, 1.54) is 0 Å². The predicted molar refractivity (Wildman–Crippen MR) is 86.3 cm³/mol. The van der Waals surface area contributed by atoms with Crippen LogP contribution in [0.25, 0.3) is 5.69 Å². The summed E-state index contributed by atoms with van der Waals surface area (Å²) in [5.41, 5.74) is 3.57. The van der Waals surface area contributed by atoms with Crippen molar-refractivity contribution in [2.45, 2.75) is 13.5 Å². The molecule has 0 saturated carbocycles. The first-order valence-electron chi connectivity index (χ1n) is 6.76. The molecular formula is C15H15N5OS. The summed E-state index contributed by atoms with van der Waals surface area (Å²) < 4.78 is 1.69. The van der Waals surface area contributed by atoms with E-state index in [0.717, 1.165) is 16.9 Å². The van der Waals surface area contributed by atoms with Crippen LogP contribution < -0.4 is 10.6 Å². The summed E-state index contributed by atoms with van der Waals surface area (Å²) in [6.45, 7) is 2.32. The third kappa shape index (κ3) is 3.50. The number of hydrogen-bond donors (Lipinski definition) is 2. The quantitative estimate of drug-likeness (QED) is 0.778. The molecule has 0 saturated heterocycles. The van der Waals surface area contributed by atoms with Gasteiger partial charge in [-0.3, -0.25) is 0 Å². The highest BCUT2D eigenvalue weighted by Crippen LogP contribution is 2.11. The van der Waals surface area contributed by atoms with Crippen molar-refractivity contribution >= 4 is 23.1 Å². The monoisotopic (exact) mass is 313 g/mol.